The Hall–Kier alpha value is -0.350. The van der Waals surface area contributed by atoms with E-state index in [-0.39, 0.29) is 0 Å². The van der Waals surface area contributed by atoms with Crippen molar-refractivity contribution in [3.05, 3.63) is 15.9 Å². The van der Waals surface area contributed by atoms with Crippen LogP contribution in [-0.4, -0.2) is 15.8 Å². The molecule has 1 aromatic heterocycles. The van der Waals surface area contributed by atoms with Gasteiger partial charge in [0.15, 0.2) is 0 Å². The van der Waals surface area contributed by atoms with Crippen LogP contribution in [0.5, 0.6) is 0 Å². The number of rotatable bonds is 4. The molecule has 0 spiro atoms. The normalized spacial score (nSPS) is 18.5. The summed E-state index contributed by atoms with van der Waals surface area (Å²) in [6.07, 6.45) is 5.86. The summed E-state index contributed by atoms with van der Waals surface area (Å²) < 4.78 is 3.13. The smallest absolute Gasteiger partial charge is 0.0766 e. The Morgan fingerprint density at radius 1 is 1.56 bits per heavy atom. The molecule has 2 rings (SSSR count). The van der Waals surface area contributed by atoms with E-state index in [0.717, 1.165) is 28.9 Å². The van der Waals surface area contributed by atoms with E-state index in [2.05, 4.69) is 28.0 Å². The van der Waals surface area contributed by atoms with Crippen LogP contribution in [0.3, 0.4) is 0 Å². The summed E-state index contributed by atoms with van der Waals surface area (Å²) in [7, 11) is 2.01. The zero-order valence-corrected chi connectivity index (χ0v) is 11.6. The molecule has 3 nitrogen and oxygen atoms in total. The summed E-state index contributed by atoms with van der Waals surface area (Å²) in [5.74, 6) is 0.729. The first-order valence-corrected chi connectivity index (χ1v) is 6.88. The molecule has 1 aliphatic carbocycles. The summed E-state index contributed by atoms with van der Waals surface area (Å²) in [5.41, 5.74) is 8.62. The molecular formula is C12H20BrN3. The van der Waals surface area contributed by atoms with Crippen molar-refractivity contribution < 1.29 is 0 Å². The first-order chi connectivity index (χ1) is 7.63. The Morgan fingerprint density at radius 2 is 2.25 bits per heavy atom. The van der Waals surface area contributed by atoms with Gasteiger partial charge in [-0.15, -0.1) is 0 Å². The third kappa shape index (κ3) is 2.18. The minimum absolute atomic E-state index is 0.296. The van der Waals surface area contributed by atoms with Crippen molar-refractivity contribution in [3.63, 3.8) is 0 Å². The van der Waals surface area contributed by atoms with Gasteiger partial charge in [-0.2, -0.15) is 5.10 Å². The Kier molecular flexibility index (Phi) is 3.70. The van der Waals surface area contributed by atoms with Crippen molar-refractivity contribution in [2.75, 3.05) is 0 Å². The number of halogens is 1. The Bertz CT molecular complexity index is 369. The van der Waals surface area contributed by atoms with E-state index in [1.807, 2.05) is 11.7 Å². The van der Waals surface area contributed by atoms with Gasteiger partial charge in [0.2, 0.25) is 0 Å². The van der Waals surface area contributed by atoms with Crippen molar-refractivity contribution in [2.45, 2.75) is 45.1 Å². The first kappa shape index (κ1) is 12.1. The minimum atomic E-state index is 0.296. The van der Waals surface area contributed by atoms with Gasteiger partial charge in [-0.1, -0.05) is 13.3 Å². The van der Waals surface area contributed by atoms with E-state index < -0.39 is 0 Å². The number of hydrogen-bond acceptors (Lipinski definition) is 2. The quantitative estimate of drug-likeness (QED) is 0.923. The zero-order chi connectivity index (χ0) is 11.7. The van der Waals surface area contributed by atoms with Crippen LogP contribution in [0.4, 0.5) is 0 Å². The van der Waals surface area contributed by atoms with E-state index in [1.54, 1.807) is 0 Å². The molecule has 1 fully saturated rings. The van der Waals surface area contributed by atoms with Gasteiger partial charge in [0.25, 0.3) is 0 Å². The third-order valence-electron chi connectivity index (χ3n) is 3.69. The Balaban J connectivity index is 2.10. The average Bonchev–Trinajstić information content (AvgIpc) is 2.42. The van der Waals surface area contributed by atoms with E-state index in [4.69, 9.17) is 5.73 Å². The third-order valence-corrected chi connectivity index (χ3v) is 4.60. The van der Waals surface area contributed by atoms with Crippen LogP contribution in [-0.2, 0) is 19.9 Å². The van der Waals surface area contributed by atoms with Gasteiger partial charge in [-0.25, -0.2) is 0 Å². The second kappa shape index (κ2) is 4.88. The van der Waals surface area contributed by atoms with Crippen molar-refractivity contribution >= 4 is 15.9 Å². The monoisotopic (exact) mass is 285 g/mol. The van der Waals surface area contributed by atoms with Crippen molar-refractivity contribution in [3.8, 4) is 0 Å². The first-order valence-electron chi connectivity index (χ1n) is 6.09. The molecule has 2 N–H and O–H groups in total. The number of hydrogen-bond donors (Lipinski definition) is 1. The minimum Gasteiger partial charge on any atom is -0.327 e. The molecule has 0 saturated heterocycles. The van der Waals surface area contributed by atoms with Crippen molar-refractivity contribution in [1.29, 1.82) is 0 Å². The molecule has 1 atom stereocenters. The molecule has 0 radical (unpaired) electrons. The zero-order valence-electron chi connectivity index (χ0n) is 10.0. The highest BCUT2D eigenvalue weighted by molar-refractivity contribution is 9.10. The predicted molar refractivity (Wildman–Crippen MR) is 69.3 cm³/mol. The van der Waals surface area contributed by atoms with E-state index in [9.17, 15) is 0 Å². The van der Waals surface area contributed by atoms with Crippen LogP contribution in [0, 0.1) is 5.92 Å². The Morgan fingerprint density at radius 3 is 2.69 bits per heavy atom. The molecule has 16 heavy (non-hydrogen) atoms. The Labute approximate surface area is 106 Å². The van der Waals surface area contributed by atoms with Crippen LogP contribution in [0.1, 0.15) is 37.6 Å². The van der Waals surface area contributed by atoms with Crippen molar-refractivity contribution in [2.24, 2.45) is 18.7 Å². The van der Waals surface area contributed by atoms with Gasteiger partial charge in [0.1, 0.15) is 0 Å². The average molecular weight is 286 g/mol. The molecule has 0 aliphatic heterocycles. The lowest BCUT2D eigenvalue weighted by Gasteiger charge is -2.31. The van der Waals surface area contributed by atoms with Gasteiger partial charge < -0.3 is 5.73 Å². The summed E-state index contributed by atoms with van der Waals surface area (Å²) in [6.45, 7) is 2.13. The van der Waals surface area contributed by atoms with Crippen LogP contribution >= 0.6 is 15.9 Å². The van der Waals surface area contributed by atoms with E-state index >= 15 is 0 Å². The predicted octanol–water partition coefficient (Wildman–Crippen LogP) is 2.41. The van der Waals surface area contributed by atoms with Crippen LogP contribution in [0.15, 0.2) is 4.47 Å². The SMILES string of the molecule is CCc1nn(C)c(CC(N)C2CCC2)c1Br. The van der Waals surface area contributed by atoms with Gasteiger partial charge >= 0.3 is 0 Å². The number of aromatic nitrogens is 2. The second-order valence-corrected chi connectivity index (χ2v) is 5.54. The number of nitrogens with two attached hydrogens (primary N) is 1. The molecule has 1 unspecified atom stereocenters. The lowest BCUT2D eigenvalue weighted by molar-refractivity contribution is 0.258. The second-order valence-electron chi connectivity index (χ2n) is 4.74. The van der Waals surface area contributed by atoms with Gasteiger partial charge in [0.05, 0.1) is 15.9 Å². The fourth-order valence-corrected chi connectivity index (χ4v) is 3.08. The van der Waals surface area contributed by atoms with Gasteiger partial charge in [0, 0.05) is 19.5 Å². The lowest BCUT2D eigenvalue weighted by Crippen LogP contribution is -2.36. The fraction of sp³-hybridized carbons (Fsp3) is 0.750. The summed E-state index contributed by atoms with van der Waals surface area (Å²) in [5, 5.41) is 4.50. The maximum Gasteiger partial charge on any atom is 0.0766 e. The standard InChI is InChI=1S/C12H20BrN3/c1-3-10-12(13)11(16(2)15-10)7-9(14)8-5-4-6-8/h8-9H,3-7,14H2,1-2H3. The molecule has 1 heterocycles. The largest absolute Gasteiger partial charge is 0.327 e. The fourth-order valence-electron chi connectivity index (χ4n) is 2.30. The van der Waals surface area contributed by atoms with E-state index in [0.29, 0.717) is 6.04 Å². The maximum absolute atomic E-state index is 6.24. The summed E-state index contributed by atoms with van der Waals surface area (Å²) >= 11 is 3.64. The van der Waals surface area contributed by atoms with Crippen LogP contribution < -0.4 is 5.73 Å². The molecule has 4 heteroatoms. The highest BCUT2D eigenvalue weighted by Crippen LogP contribution is 2.31. The highest BCUT2D eigenvalue weighted by Gasteiger charge is 2.26. The highest BCUT2D eigenvalue weighted by atomic mass is 79.9. The van der Waals surface area contributed by atoms with Crippen molar-refractivity contribution in [1.82, 2.24) is 9.78 Å². The van der Waals surface area contributed by atoms with Gasteiger partial charge in [-0.3, -0.25) is 4.68 Å². The lowest BCUT2D eigenvalue weighted by atomic mass is 9.78. The molecular weight excluding hydrogens is 266 g/mol. The summed E-state index contributed by atoms with van der Waals surface area (Å²) in [4.78, 5) is 0. The number of aryl methyl sites for hydroxylation is 2. The molecule has 0 amide bonds. The molecule has 90 valence electrons. The number of nitrogens with zero attached hydrogens (tertiary/aromatic N) is 2. The topological polar surface area (TPSA) is 43.8 Å². The van der Waals surface area contributed by atoms with E-state index in [1.165, 1.54) is 25.0 Å². The summed E-state index contributed by atoms with van der Waals surface area (Å²) in [6, 6.07) is 0.296. The molecule has 0 bridgehead atoms. The molecule has 1 saturated carbocycles. The molecule has 1 aliphatic rings. The van der Waals surface area contributed by atoms with Gasteiger partial charge in [-0.05, 0) is 41.1 Å². The molecule has 0 aromatic carbocycles. The van der Waals surface area contributed by atoms with Crippen LogP contribution in [0.25, 0.3) is 0 Å². The molecule has 1 aromatic rings. The maximum atomic E-state index is 6.24. The van der Waals surface area contributed by atoms with Crippen LogP contribution in [0.2, 0.25) is 0 Å².